The number of fused-ring (bicyclic) bond motifs is 1. The van der Waals surface area contributed by atoms with Gasteiger partial charge in [0.15, 0.2) is 0 Å². The molecule has 0 radical (unpaired) electrons. The van der Waals surface area contributed by atoms with Crippen molar-refractivity contribution < 1.29 is 0 Å². The molecule has 1 aromatic carbocycles. The molecule has 0 saturated heterocycles. The molecule has 0 spiro atoms. The highest BCUT2D eigenvalue weighted by atomic mass is 32.1. The standard InChI is InChI=1S/C12H12N4S/c1-16-8-11(14-15-16)7-13-10-2-3-12-9(6-10)4-5-17-12/h2-6,8,13H,7H2,1H3. The number of hydrogen-bond donors (Lipinski definition) is 1. The van der Waals surface area contributed by atoms with E-state index in [0.29, 0.717) is 6.54 Å². The highest BCUT2D eigenvalue weighted by Gasteiger charge is 2.00. The summed E-state index contributed by atoms with van der Waals surface area (Å²) in [5.41, 5.74) is 2.06. The maximum absolute atomic E-state index is 4.04. The fourth-order valence-electron chi connectivity index (χ4n) is 1.75. The average molecular weight is 244 g/mol. The number of hydrogen-bond acceptors (Lipinski definition) is 4. The van der Waals surface area contributed by atoms with Crippen molar-refractivity contribution in [3.8, 4) is 0 Å². The Morgan fingerprint density at radius 2 is 2.29 bits per heavy atom. The van der Waals surface area contributed by atoms with Crippen LogP contribution in [0.5, 0.6) is 0 Å². The third-order valence-electron chi connectivity index (χ3n) is 2.58. The van der Waals surface area contributed by atoms with Gasteiger partial charge in [-0.1, -0.05) is 5.21 Å². The zero-order valence-electron chi connectivity index (χ0n) is 9.42. The molecule has 1 N–H and O–H groups in total. The molecule has 2 aromatic heterocycles. The Hall–Kier alpha value is -1.88. The lowest BCUT2D eigenvalue weighted by Crippen LogP contribution is -1.99. The summed E-state index contributed by atoms with van der Waals surface area (Å²) in [5, 5.41) is 14.7. The topological polar surface area (TPSA) is 42.7 Å². The van der Waals surface area contributed by atoms with Gasteiger partial charge in [-0.25, -0.2) is 0 Å². The number of benzene rings is 1. The van der Waals surface area contributed by atoms with Gasteiger partial charge in [0.1, 0.15) is 5.69 Å². The first-order valence-electron chi connectivity index (χ1n) is 5.37. The zero-order valence-corrected chi connectivity index (χ0v) is 10.2. The number of rotatable bonds is 3. The lowest BCUT2D eigenvalue weighted by Gasteiger charge is -2.03. The predicted molar refractivity (Wildman–Crippen MR) is 70.2 cm³/mol. The van der Waals surface area contributed by atoms with E-state index in [1.807, 2.05) is 13.2 Å². The van der Waals surface area contributed by atoms with Crippen LogP contribution in [-0.4, -0.2) is 15.0 Å². The van der Waals surface area contributed by atoms with Crippen molar-refractivity contribution in [2.45, 2.75) is 6.54 Å². The molecule has 0 fully saturated rings. The van der Waals surface area contributed by atoms with Gasteiger partial charge in [0.05, 0.1) is 6.54 Å². The first kappa shape index (κ1) is 10.3. The molecule has 0 atom stereocenters. The predicted octanol–water partition coefficient (Wildman–Crippen LogP) is 2.64. The van der Waals surface area contributed by atoms with Gasteiger partial charge in [-0.15, -0.1) is 16.4 Å². The van der Waals surface area contributed by atoms with Crippen LogP contribution in [0.3, 0.4) is 0 Å². The van der Waals surface area contributed by atoms with Gasteiger partial charge in [0.2, 0.25) is 0 Å². The maximum atomic E-state index is 4.04. The Morgan fingerprint density at radius 1 is 1.35 bits per heavy atom. The molecule has 0 saturated carbocycles. The Kier molecular flexibility index (Phi) is 2.53. The molecular formula is C12H12N4S. The molecule has 0 amide bonds. The molecule has 5 heteroatoms. The van der Waals surface area contributed by atoms with Gasteiger partial charge >= 0.3 is 0 Å². The monoisotopic (exact) mass is 244 g/mol. The molecule has 0 aliphatic carbocycles. The lowest BCUT2D eigenvalue weighted by atomic mass is 10.2. The minimum Gasteiger partial charge on any atom is -0.379 e. The smallest absolute Gasteiger partial charge is 0.102 e. The van der Waals surface area contributed by atoms with Crippen LogP contribution >= 0.6 is 11.3 Å². The third kappa shape index (κ3) is 2.14. The van der Waals surface area contributed by atoms with Gasteiger partial charge in [0.25, 0.3) is 0 Å². The molecule has 0 aliphatic rings. The van der Waals surface area contributed by atoms with Crippen LogP contribution in [0.4, 0.5) is 5.69 Å². The summed E-state index contributed by atoms with van der Waals surface area (Å²) in [4.78, 5) is 0. The van der Waals surface area contributed by atoms with Gasteiger partial charge in [-0.05, 0) is 35.0 Å². The molecule has 0 unspecified atom stereocenters. The second kappa shape index (κ2) is 4.18. The van der Waals surface area contributed by atoms with E-state index in [1.165, 1.54) is 10.1 Å². The van der Waals surface area contributed by atoms with Crippen molar-refractivity contribution >= 4 is 27.1 Å². The molecule has 17 heavy (non-hydrogen) atoms. The van der Waals surface area contributed by atoms with Crippen molar-refractivity contribution in [3.05, 3.63) is 41.5 Å². The van der Waals surface area contributed by atoms with E-state index in [4.69, 9.17) is 0 Å². The van der Waals surface area contributed by atoms with E-state index in [1.54, 1.807) is 16.0 Å². The van der Waals surface area contributed by atoms with Crippen molar-refractivity contribution in [1.29, 1.82) is 0 Å². The second-order valence-corrected chi connectivity index (χ2v) is 4.86. The summed E-state index contributed by atoms with van der Waals surface area (Å²) in [6.07, 6.45) is 1.91. The van der Waals surface area contributed by atoms with Crippen molar-refractivity contribution in [2.24, 2.45) is 7.05 Å². The average Bonchev–Trinajstić information content (AvgIpc) is 2.94. The van der Waals surface area contributed by atoms with Crippen LogP contribution in [0.2, 0.25) is 0 Å². The summed E-state index contributed by atoms with van der Waals surface area (Å²) in [6.45, 7) is 0.698. The fraction of sp³-hybridized carbons (Fsp3) is 0.167. The number of nitrogens with one attached hydrogen (secondary N) is 1. The normalized spacial score (nSPS) is 10.9. The molecule has 86 valence electrons. The van der Waals surface area contributed by atoms with Crippen molar-refractivity contribution in [3.63, 3.8) is 0 Å². The van der Waals surface area contributed by atoms with E-state index in [-0.39, 0.29) is 0 Å². The number of anilines is 1. The minimum absolute atomic E-state index is 0.698. The summed E-state index contributed by atoms with van der Waals surface area (Å²) in [5.74, 6) is 0. The quantitative estimate of drug-likeness (QED) is 0.770. The summed E-state index contributed by atoms with van der Waals surface area (Å²) in [7, 11) is 1.87. The Bertz CT molecular complexity index is 641. The van der Waals surface area contributed by atoms with Gasteiger partial charge < -0.3 is 5.32 Å². The first-order chi connectivity index (χ1) is 8.31. The van der Waals surface area contributed by atoms with E-state index in [9.17, 15) is 0 Å². The largest absolute Gasteiger partial charge is 0.379 e. The molecule has 4 nitrogen and oxygen atoms in total. The first-order valence-corrected chi connectivity index (χ1v) is 6.25. The van der Waals surface area contributed by atoms with Crippen LogP contribution < -0.4 is 5.32 Å². The number of thiophene rings is 1. The van der Waals surface area contributed by atoms with Gasteiger partial charge in [-0.2, -0.15) is 0 Å². The van der Waals surface area contributed by atoms with Gasteiger partial charge in [0, 0.05) is 23.6 Å². The molecule has 2 heterocycles. The number of aromatic nitrogens is 3. The second-order valence-electron chi connectivity index (χ2n) is 3.91. The molecule has 3 aromatic rings. The molecular weight excluding hydrogens is 232 g/mol. The van der Waals surface area contributed by atoms with Crippen LogP contribution in [0, 0.1) is 0 Å². The Morgan fingerprint density at radius 3 is 3.12 bits per heavy atom. The van der Waals surface area contributed by atoms with E-state index in [0.717, 1.165) is 11.4 Å². The minimum atomic E-state index is 0.698. The number of aryl methyl sites for hydroxylation is 1. The van der Waals surface area contributed by atoms with Crippen LogP contribution in [-0.2, 0) is 13.6 Å². The van der Waals surface area contributed by atoms with Crippen LogP contribution in [0.1, 0.15) is 5.69 Å². The molecule has 0 bridgehead atoms. The maximum Gasteiger partial charge on any atom is 0.102 e. The number of nitrogens with zero attached hydrogens (tertiary/aromatic N) is 3. The van der Waals surface area contributed by atoms with E-state index >= 15 is 0 Å². The molecule has 3 rings (SSSR count). The highest BCUT2D eigenvalue weighted by Crippen LogP contribution is 2.24. The van der Waals surface area contributed by atoms with E-state index < -0.39 is 0 Å². The zero-order chi connectivity index (χ0) is 11.7. The van der Waals surface area contributed by atoms with Crippen LogP contribution in [0.15, 0.2) is 35.8 Å². The fourth-order valence-corrected chi connectivity index (χ4v) is 2.52. The molecule has 0 aliphatic heterocycles. The van der Waals surface area contributed by atoms with E-state index in [2.05, 4.69) is 45.3 Å². The van der Waals surface area contributed by atoms with Gasteiger partial charge in [-0.3, -0.25) is 4.68 Å². The van der Waals surface area contributed by atoms with Crippen LogP contribution in [0.25, 0.3) is 10.1 Å². The third-order valence-corrected chi connectivity index (χ3v) is 3.47. The Balaban J connectivity index is 1.76. The summed E-state index contributed by atoms with van der Waals surface area (Å²) < 4.78 is 3.02. The highest BCUT2D eigenvalue weighted by molar-refractivity contribution is 7.17. The summed E-state index contributed by atoms with van der Waals surface area (Å²) in [6, 6.07) is 8.52. The lowest BCUT2D eigenvalue weighted by molar-refractivity contribution is 0.713. The van der Waals surface area contributed by atoms with Crippen molar-refractivity contribution in [1.82, 2.24) is 15.0 Å². The Labute approximate surface area is 103 Å². The SMILES string of the molecule is Cn1cc(CNc2ccc3sccc3c2)nn1. The summed E-state index contributed by atoms with van der Waals surface area (Å²) >= 11 is 1.76. The van der Waals surface area contributed by atoms with Crippen molar-refractivity contribution in [2.75, 3.05) is 5.32 Å².